The van der Waals surface area contributed by atoms with Crippen molar-refractivity contribution < 1.29 is 23.4 Å². The summed E-state index contributed by atoms with van der Waals surface area (Å²) in [6.45, 7) is 7.28. The quantitative estimate of drug-likeness (QED) is 0.635. The van der Waals surface area contributed by atoms with Crippen molar-refractivity contribution in [3.63, 3.8) is 0 Å². The number of sulfonamides is 1. The lowest BCUT2D eigenvalue weighted by Gasteiger charge is -2.36. The molecule has 1 aliphatic heterocycles. The van der Waals surface area contributed by atoms with Gasteiger partial charge in [-0.3, -0.25) is 0 Å². The molecule has 156 valence electrons. The number of nitrogens with one attached hydrogen (secondary N) is 1. The van der Waals surface area contributed by atoms with Crippen LogP contribution in [0.1, 0.15) is 33.3 Å². The van der Waals surface area contributed by atoms with Gasteiger partial charge < -0.3 is 20.3 Å². The van der Waals surface area contributed by atoms with Crippen LogP contribution in [-0.2, 0) is 10.0 Å². The molecule has 7 nitrogen and oxygen atoms in total. The highest BCUT2D eigenvalue weighted by Gasteiger charge is 2.37. The number of aliphatic hydroxyl groups is 2. The van der Waals surface area contributed by atoms with Gasteiger partial charge in [0.15, 0.2) is 0 Å². The first-order valence-electron chi connectivity index (χ1n) is 9.33. The van der Waals surface area contributed by atoms with Crippen molar-refractivity contribution >= 4 is 10.0 Å². The molecule has 0 amide bonds. The van der Waals surface area contributed by atoms with Crippen LogP contribution in [0.4, 0.5) is 0 Å². The monoisotopic (exact) mass is 410 g/mol. The van der Waals surface area contributed by atoms with E-state index in [1.165, 1.54) is 10.4 Å². The minimum absolute atomic E-state index is 0.0506. The van der Waals surface area contributed by atoms with Gasteiger partial charge in [-0.2, -0.15) is 4.31 Å². The molecule has 0 radical (unpaired) electrons. The fourth-order valence-electron chi connectivity index (χ4n) is 2.97. The molecule has 1 aliphatic rings. The van der Waals surface area contributed by atoms with Crippen molar-refractivity contribution in [2.75, 3.05) is 26.7 Å². The van der Waals surface area contributed by atoms with Gasteiger partial charge in [0.1, 0.15) is 22.4 Å². The molecule has 2 rings (SSSR count). The summed E-state index contributed by atoms with van der Waals surface area (Å²) in [5.41, 5.74) is -0.609. The van der Waals surface area contributed by atoms with E-state index in [0.29, 0.717) is 12.1 Å². The number of benzene rings is 1. The van der Waals surface area contributed by atoms with Crippen LogP contribution in [0.15, 0.2) is 23.1 Å². The van der Waals surface area contributed by atoms with Gasteiger partial charge in [0.05, 0.1) is 6.61 Å². The van der Waals surface area contributed by atoms with E-state index >= 15 is 0 Å². The summed E-state index contributed by atoms with van der Waals surface area (Å²) >= 11 is 0. The average Bonchev–Trinajstić information content (AvgIpc) is 2.61. The van der Waals surface area contributed by atoms with Crippen molar-refractivity contribution in [2.45, 2.75) is 50.3 Å². The smallest absolute Gasteiger partial charge is 0.247 e. The fraction of sp³-hybridized carbons (Fsp3) is 0.600. The van der Waals surface area contributed by atoms with Gasteiger partial charge in [-0.25, -0.2) is 8.42 Å². The standard InChI is InChI=1S/C20H30N2O5S/c1-14-12-22(15(2)13-23)28(25,26)19-7-6-16(8-9-20(3,4)24)10-17(19)27-18(14)11-21-5/h6-7,10,14-15,18,21,23-24H,11-13H2,1-5H3/t14-,15+,18+/m0/s1. The number of hydrogen-bond donors (Lipinski definition) is 3. The Bertz CT molecular complexity index is 852. The van der Waals surface area contributed by atoms with Crippen LogP contribution < -0.4 is 10.1 Å². The second-order valence-electron chi connectivity index (χ2n) is 7.77. The Kier molecular flexibility index (Phi) is 7.12. The zero-order chi connectivity index (χ0) is 21.1. The third kappa shape index (κ3) is 5.25. The van der Waals surface area contributed by atoms with Gasteiger partial charge in [0.2, 0.25) is 10.0 Å². The van der Waals surface area contributed by atoms with Crippen molar-refractivity contribution in [2.24, 2.45) is 5.92 Å². The number of rotatable bonds is 4. The van der Waals surface area contributed by atoms with Crippen LogP contribution in [0, 0.1) is 17.8 Å². The van der Waals surface area contributed by atoms with E-state index < -0.39 is 21.7 Å². The highest BCUT2D eigenvalue weighted by molar-refractivity contribution is 7.89. The third-order valence-corrected chi connectivity index (χ3v) is 6.60. The molecule has 1 heterocycles. The molecular weight excluding hydrogens is 380 g/mol. The van der Waals surface area contributed by atoms with Crippen LogP contribution in [0.2, 0.25) is 0 Å². The molecule has 3 atom stereocenters. The molecule has 0 bridgehead atoms. The molecule has 8 heteroatoms. The van der Waals surface area contributed by atoms with Crippen molar-refractivity contribution in [1.82, 2.24) is 9.62 Å². The molecule has 0 fully saturated rings. The van der Waals surface area contributed by atoms with Gasteiger partial charge in [0.25, 0.3) is 0 Å². The Balaban J connectivity index is 2.61. The van der Waals surface area contributed by atoms with Gasteiger partial charge >= 0.3 is 0 Å². The second-order valence-corrected chi connectivity index (χ2v) is 9.63. The predicted molar refractivity (Wildman–Crippen MR) is 108 cm³/mol. The molecule has 1 aromatic rings. The summed E-state index contributed by atoms with van der Waals surface area (Å²) in [5, 5.41) is 22.5. The zero-order valence-corrected chi connectivity index (χ0v) is 17.9. The summed E-state index contributed by atoms with van der Waals surface area (Å²) in [6, 6.07) is 4.11. The van der Waals surface area contributed by atoms with E-state index in [4.69, 9.17) is 4.74 Å². The van der Waals surface area contributed by atoms with E-state index in [-0.39, 0.29) is 35.8 Å². The maximum Gasteiger partial charge on any atom is 0.247 e. The van der Waals surface area contributed by atoms with Crippen LogP contribution >= 0.6 is 0 Å². The number of hydrogen-bond acceptors (Lipinski definition) is 6. The van der Waals surface area contributed by atoms with Crippen molar-refractivity contribution in [3.8, 4) is 17.6 Å². The summed E-state index contributed by atoms with van der Waals surface area (Å²) in [6.07, 6.45) is -0.259. The maximum absolute atomic E-state index is 13.3. The maximum atomic E-state index is 13.3. The zero-order valence-electron chi connectivity index (χ0n) is 17.1. The molecule has 0 aliphatic carbocycles. The van der Waals surface area contributed by atoms with Crippen molar-refractivity contribution in [3.05, 3.63) is 23.8 Å². The Labute approximate surface area is 167 Å². The molecule has 0 saturated heterocycles. The third-order valence-electron chi connectivity index (χ3n) is 4.59. The molecular formula is C20H30N2O5S. The van der Waals surface area contributed by atoms with Gasteiger partial charge in [-0.15, -0.1) is 0 Å². The first-order valence-corrected chi connectivity index (χ1v) is 10.8. The normalized spacial score (nSPS) is 23.4. The van der Waals surface area contributed by atoms with Crippen LogP contribution in [0.25, 0.3) is 0 Å². The van der Waals surface area contributed by atoms with E-state index in [0.717, 1.165) is 0 Å². The summed E-state index contributed by atoms with van der Waals surface area (Å²) in [7, 11) is -2.04. The topological polar surface area (TPSA) is 99.1 Å². The SMILES string of the molecule is CNC[C@H]1Oc2cc(C#CC(C)(C)O)ccc2S(=O)(=O)N([C@H](C)CO)C[C@@H]1C. The molecule has 0 saturated carbocycles. The summed E-state index contributed by atoms with van der Waals surface area (Å²) in [4.78, 5) is 0.0506. The second kappa shape index (κ2) is 8.80. The number of aliphatic hydroxyl groups excluding tert-OH is 1. The lowest BCUT2D eigenvalue weighted by molar-refractivity contribution is 0.103. The minimum Gasteiger partial charge on any atom is -0.487 e. The highest BCUT2D eigenvalue weighted by Crippen LogP contribution is 2.33. The van der Waals surface area contributed by atoms with E-state index in [1.54, 1.807) is 32.9 Å². The first-order chi connectivity index (χ1) is 13.0. The Morgan fingerprint density at radius 3 is 2.68 bits per heavy atom. The first kappa shape index (κ1) is 22.7. The van der Waals surface area contributed by atoms with E-state index in [1.807, 2.05) is 14.0 Å². The Hall–Kier alpha value is -1.63. The van der Waals surface area contributed by atoms with E-state index in [2.05, 4.69) is 17.2 Å². The highest BCUT2D eigenvalue weighted by atomic mass is 32.2. The van der Waals surface area contributed by atoms with Crippen molar-refractivity contribution in [1.29, 1.82) is 0 Å². The minimum atomic E-state index is -3.86. The molecule has 0 spiro atoms. The Morgan fingerprint density at radius 1 is 1.43 bits per heavy atom. The molecule has 28 heavy (non-hydrogen) atoms. The van der Waals surface area contributed by atoms with Gasteiger partial charge in [0, 0.05) is 30.6 Å². The molecule has 0 aromatic heterocycles. The van der Waals surface area contributed by atoms with Crippen LogP contribution in [-0.4, -0.2) is 67.4 Å². The van der Waals surface area contributed by atoms with Gasteiger partial charge in [-0.05, 0) is 46.0 Å². The largest absolute Gasteiger partial charge is 0.487 e. The Morgan fingerprint density at radius 2 is 2.11 bits per heavy atom. The molecule has 0 unspecified atom stereocenters. The number of ether oxygens (including phenoxy) is 1. The fourth-order valence-corrected chi connectivity index (χ4v) is 4.80. The summed E-state index contributed by atoms with van der Waals surface area (Å²) < 4.78 is 34.0. The van der Waals surface area contributed by atoms with Crippen LogP contribution in [0.5, 0.6) is 5.75 Å². The predicted octanol–water partition coefficient (Wildman–Crippen LogP) is 0.797. The molecule has 3 N–H and O–H groups in total. The number of nitrogens with zero attached hydrogens (tertiary/aromatic N) is 1. The van der Waals surface area contributed by atoms with Gasteiger partial charge in [-0.1, -0.05) is 18.8 Å². The number of fused-ring (bicyclic) bond motifs is 1. The number of likely N-dealkylation sites (N-methyl/N-ethyl adjacent to an activating group) is 1. The average molecular weight is 411 g/mol. The van der Waals surface area contributed by atoms with E-state index in [9.17, 15) is 18.6 Å². The lowest BCUT2D eigenvalue weighted by atomic mass is 10.0. The molecule has 1 aromatic carbocycles. The lowest BCUT2D eigenvalue weighted by Crippen LogP contribution is -2.49. The van der Waals surface area contributed by atoms with Crippen LogP contribution in [0.3, 0.4) is 0 Å². The summed E-state index contributed by atoms with van der Waals surface area (Å²) in [5.74, 6) is 5.70.